The molecule has 1 spiro atoms. The van der Waals surface area contributed by atoms with Gasteiger partial charge in [-0.25, -0.2) is 0 Å². The smallest absolute Gasteiger partial charge is 0.172 e. The van der Waals surface area contributed by atoms with Crippen LogP contribution >= 0.6 is 0 Å². The van der Waals surface area contributed by atoms with Crippen molar-refractivity contribution in [2.45, 2.75) is 97.7 Å². The van der Waals surface area contributed by atoms with Gasteiger partial charge in [0.05, 0.1) is 13.2 Å². The largest absolute Gasteiger partial charge is 0.347 e. The summed E-state index contributed by atoms with van der Waals surface area (Å²) in [6.45, 7) is 11.8. The van der Waals surface area contributed by atoms with Crippen LogP contribution in [0.25, 0.3) is 0 Å². The van der Waals surface area contributed by atoms with Gasteiger partial charge in [-0.3, -0.25) is 0 Å². The van der Waals surface area contributed by atoms with E-state index in [1.165, 1.54) is 51.4 Å². The van der Waals surface area contributed by atoms with Crippen molar-refractivity contribution in [3.8, 4) is 0 Å². The van der Waals surface area contributed by atoms with Gasteiger partial charge >= 0.3 is 0 Å². The Balaban J connectivity index is 1.40. The van der Waals surface area contributed by atoms with Gasteiger partial charge in [0.2, 0.25) is 0 Å². The molecule has 4 aliphatic carbocycles. The quantitative estimate of drug-likeness (QED) is 0.500. The lowest BCUT2D eigenvalue weighted by molar-refractivity contribution is -0.185. The summed E-state index contributed by atoms with van der Waals surface area (Å²) in [5, 5.41) is 0. The maximum atomic E-state index is 6.10. The van der Waals surface area contributed by atoms with Crippen LogP contribution in [0, 0.1) is 40.4 Å². The van der Waals surface area contributed by atoms with Crippen molar-refractivity contribution in [1.82, 2.24) is 0 Å². The van der Waals surface area contributed by atoms with E-state index in [9.17, 15) is 0 Å². The molecule has 4 fully saturated rings. The highest BCUT2D eigenvalue weighted by molar-refractivity contribution is 5.26. The monoisotopic (exact) mass is 386 g/mol. The van der Waals surface area contributed by atoms with Crippen molar-refractivity contribution in [2.24, 2.45) is 40.4 Å². The molecule has 5 rings (SSSR count). The molecule has 0 bridgehead atoms. The average Bonchev–Trinajstić information content (AvgIpc) is 3.27. The lowest BCUT2D eigenvalue weighted by Crippen LogP contribution is -2.52. The fourth-order valence-electron chi connectivity index (χ4n) is 8.98. The minimum absolute atomic E-state index is 0.268. The summed E-state index contributed by atoms with van der Waals surface area (Å²) in [6, 6.07) is 0. The molecule has 158 valence electrons. The van der Waals surface area contributed by atoms with Gasteiger partial charge in [-0.2, -0.15) is 0 Å². The highest BCUT2D eigenvalue weighted by Crippen LogP contribution is 2.68. The molecule has 0 aromatic rings. The third-order valence-electron chi connectivity index (χ3n) is 10.4. The average molecular weight is 387 g/mol. The molecule has 0 amide bonds. The topological polar surface area (TPSA) is 18.5 Å². The summed E-state index contributed by atoms with van der Waals surface area (Å²) >= 11 is 0. The van der Waals surface area contributed by atoms with Crippen molar-refractivity contribution >= 4 is 0 Å². The van der Waals surface area contributed by atoms with Crippen LogP contribution in [0.1, 0.15) is 91.9 Å². The second-order valence-corrected chi connectivity index (χ2v) is 11.5. The molecule has 2 heteroatoms. The Labute approximate surface area is 172 Å². The van der Waals surface area contributed by atoms with E-state index in [4.69, 9.17) is 9.47 Å². The molecule has 5 aliphatic rings. The van der Waals surface area contributed by atoms with Gasteiger partial charge < -0.3 is 9.47 Å². The van der Waals surface area contributed by atoms with Gasteiger partial charge in [-0.05, 0) is 78.9 Å². The van der Waals surface area contributed by atoms with Gasteiger partial charge in [0.15, 0.2) is 5.79 Å². The molecule has 1 saturated heterocycles. The molecule has 0 N–H and O–H groups in total. The van der Waals surface area contributed by atoms with Crippen LogP contribution in [0.5, 0.6) is 0 Å². The molecule has 7 atom stereocenters. The van der Waals surface area contributed by atoms with Crippen molar-refractivity contribution in [3.63, 3.8) is 0 Å². The van der Waals surface area contributed by atoms with Crippen LogP contribution < -0.4 is 0 Å². The van der Waals surface area contributed by atoms with E-state index in [1.807, 2.05) is 0 Å². The van der Waals surface area contributed by atoms with Gasteiger partial charge in [0.25, 0.3) is 0 Å². The summed E-state index contributed by atoms with van der Waals surface area (Å²) in [6.07, 6.45) is 16.0. The van der Waals surface area contributed by atoms with Crippen LogP contribution in [0.15, 0.2) is 11.6 Å². The van der Waals surface area contributed by atoms with E-state index in [0.29, 0.717) is 10.8 Å². The first-order chi connectivity index (χ1) is 13.4. The number of rotatable bonds is 3. The second kappa shape index (κ2) is 6.84. The first kappa shape index (κ1) is 19.6. The maximum Gasteiger partial charge on any atom is 0.172 e. The van der Waals surface area contributed by atoms with Crippen molar-refractivity contribution < 1.29 is 9.47 Å². The lowest BCUT2D eigenvalue weighted by Gasteiger charge is -2.59. The zero-order valence-electron chi connectivity index (χ0n) is 18.8. The maximum absolute atomic E-state index is 6.10. The number of allylic oxidation sites excluding steroid dienone is 1. The SMILES string of the molecule is CCCC(C)[C@H]1CC[C@H]2[C@@H]3CC=C4CC5(CC[C@]4(C)[C@H]3CC[C@]12C)OCCO5. The zero-order chi connectivity index (χ0) is 19.6. The van der Waals surface area contributed by atoms with E-state index in [0.717, 1.165) is 55.6 Å². The number of hydrogen-bond acceptors (Lipinski definition) is 2. The van der Waals surface area contributed by atoms with E-state index in [1.54, 1.807) is 5.57 Å². The number of fused-ring (bicyclic) bond motifs is 5. The number of ether oxygens (including phenoxy) is 2. The van der Waals surface area contributed by atoms with Crippen LogP contribution in [0.2, 0.25) is 0 Å². The van der Waals surface area contributed by atoms with E-state index in [2.05, 4.69) is 33.8 Å². The lowest BCUT2D eigenvalue weighted by atomic mass is 9.46. The fourth-order valence-corrected chi connectivity index (χ4v) is 8.98. The van der Waals surface area contributed by atoms with Gasteiger partial charge in [0.1, 0.15) is 0 Å². The van der Waals surface area contributed by atoms with Crippen LogP contribution in [-0.2, 0) is 9.47 Å². The van der Waals surface area contributed by atoms with E-state index >= 15 is 0 Å². The van der Waals surface area contributed by atoms with E-state index in [-0.39, 0.29) is 5.79 Å². The Morgan fingerprint density at radius 2 is 1.82 bits per heavy atom. The summed E-state index contributed by atoms with van der Waals surface area (Å²) in [5.74, 6) is 4.38. The summed E-state index contributed by atoms with van der Waals surface area (Å²) in [4.78, 5) is 0. The van der Waals surface area contributed by atoms with Gasteiger partial charge in [-0.15, -0.1) is 0 Å². The second-order valence-electron chi connectivity index (χ2n) is 11.5. The minimum atomic E-state index is -0.268. The molecule has 0 radical (unpaired) electrons. The Kier molecular flexibility index (Phi) is 4.79. The van der Waals surface area contributed by atoms with Crippen molar-refractivity contribution in [1.29, 1.82) is 0 Å². The minimum Gasteiger partial charge on any atom is -0.347 e. The first-order valence-corrected chi connectivity index (χ1v) is 12.4. The Morgan fingerprint density at radius 3 is 2.57 bits per heavy atom. The number of hydrogen-bond donors (Lipinski definition) is 0. The Hall–Kier alpha value is -0.340. The molecular formula is C26H42O2. The third kappa shape index (κ3) is 2.73. The van der Waals surface area contributed by atoms with Crippen molar-refractivity contribution in [2.75, 3.05) is 13.2 Å². The highest BCUT2D eigenvalue weighted by Gasteiger charge is 2.60. The Bertz CT molecular complexity index is 632. The van der Waals surface area contributed by atoms with Gasteiger partial charge in [0, 0.05) is 12.8 Å². The van der Waals surface area contributed by atoms with Crippen molar-refractivity contribution in [3.05, 3.63) is 11.6 Å². The molecule has 2 nitrogen and oxygen atoms in total. The molecule has 1 unspecified atom stereocenters. The van der Waals surface area contributed by atoms with Gasteiger partial charge in [-0.1, -0.05) is 52.2 Å². The van der Waals surface area contributed by atoms with E-state index < -0.39 is 0 Å². The molecule has 1 aliphatic heterocycles. The predicted molar refractivity (Wildman–Crippen MR) is 114 cm³/mol. The molecule has 28 heavy (non-hydrogen) atoms. The highest BCUT2D eigenvalue weighted by atomic mass is 16.7. The normalized spacial score (nSPS) is 47.9. The van der Waals surface area contributed by atoms with Crippen LogP contribution in [0.3, 0.4) is 0 Å². The van der Waals surface area contributed by atoms with Crippen LogP contribution in [-0.4, -0.2) is 19.0 Å². The summed E-state index contributed by atoms with van der Waals surface area (Å²) < 4.78 is 12.2. The predicted octanol–water partition coefficient (Wildman–Crippen LogP) is 6.74. The molecule has 3 saturated carbocycles. The Morgan fingerprint density at radius 1 is 1.04 bits per heavy atom. The third-order valence-corrected chi connectivity index (χ3v) is 10.4. The fraction of sp³-hybridized carbons (Fsp3) is 0.923. The van der Waals surface area contributed by atoms with Crippen LogP contribution in [0.4, 0.5) is 0 Å². The zero-order valence-corrected chi connectivity index (χ0v) is 18.8. The summed E-state index contributed by atoms with van der Waals surface area (Å²) in [7, 11) is 0. The first-order valence-electron chi connectivity index (χ1n) is 12.4. The molecule has 1 heterocycles. The molecule has 0 aromatic carbocycles. The molecular weight excluding hydrogens is 344 g/mol. The summed E-state index contributed by atoms with van der Waals surface area (Å²) in [5.41, 5.74) is 2.68. The molecule has 0 aromatic heterocycles. The standard InChI is InChI=1S/C26H42O2/c1-5-6-18(2)21-9-10-22-20-8-7-19-17-26(27-15-16-28-26)14-13-24(19,3)23(20)11-12-25(21,22)4/h7,18,20-23H,5-6,8-17H2,1-4H3/t18?,20-,21+,22-,23-,24-,25+/m0/s1.